The molecule has 0 atom stereocenters. The molecule has 9 heteroatoms. The molecule has 0 saturated carbocycles. The zero-order chi connectivity index (χ0) is 20.9. The molecule has 6 nitrogen and oxygen atoms in total. The molecule has 30 heavy (non-hydrogen) atoms. The van der Waals surface area contributed by atoms with E-state index in [1.54, 1.807) is 29.2 Å². The molecule has 0 fully saturated rings. The number of para-hydroxylation sites is 1. The van der Waals surface area contributed by atoms with E-state index in [1.807, 2.05) is 42.5 Å². The Morgan fingerprint density at radius 1 is 1.03 bits per heavy atom. The first-order valence-electron chi connectivity index (χ1n) is 9.08. The van der Waals surface area contributed by atoms with Crippen molar-refractivity contribution in [2.45, 2.75) is 13.2 Å². The number of nitrogens with one attached hydrogen (secondary N) is 2. The number of halogens is 2. The molecule has 0 saturated heterocycles. The molecule has 152 valence electrons. The van der Waals surface area contributed by atoms with E-state index in [2.05, 4.69) is 20.6 Å². The quantitative estimate of drug-likeness (QED) is 0.351. The Labute approximate surface area is 188 Å². The normalized spacial score (nSPS) is 10.7. The van der Waals surface area contributed by atoms with Crippen LogP contribution < -0.4 is 10.2 Å². The number of pyridine rings is 1. The molecular weight excluding hydrogens is 441 g/mol. The highest BCUT2D eigenvalue weighted by atomic mass is 35.5. The molecule has 2 aromatic heterocycles. The average Bonchev–Trinajstić information content (AvgIpc) is 3.13. The molecule has 0 aliphatic rings. The second-order valence-electron chi connectivity index (χ2n) is 6.39. The average molecular weight is 458 g/mol. The minimum atomic E-state index is 0.334. The number of H-pyrrole nitrogens is 1. The summed E-state index contributed by atoms with van der Waals surface area (Å²) < 4.78 is 8.22. The van der Waals surface area contributed by atoms with Gasteiger partial charge in [-0.1, -0.05) is 47.5 Å². The van der Waals surface area contributed by atoms with Crippen molar-refractivity contribution in [3.05, 3.63) is 92.9 Å². The molecule has 0 aliphatic heterocycles. The number of aromatic nitrogens is 4. The molecule has 2 N–H and O–H groups in total. The minimum Gasteiger partial charge on any atom is -0.488 e. The van der Waals surface area contributed by atoms with E-state index in [1.165, 1.54) is 0 Å². The number of aromatic amines is 1. The van der Waals surface area contributed by atoms with Crippen molar-refractivity contribution >= 4 is 35.4 Å². The molecule has 0 aliphatic carbocycles. The van der Waals surface area contributed by atoms with Crippen LogP contribution in [0.25, 0.3) is 11.4 Å². The highest BCUT2D eigenvalue weighted by Crippen LogP contribution is 2.25. The number of hydrogen-bond donors (Lipinski definition) is 2. The van der Waals surface area contributed by atoms with Crippen molar-refractivity contribution in [1.29, 1.82) is 0 Å². The summed E-state index contributed by atoms with van der Waals surface area (Å²) in [5.41, 5.74) is 6.03. The molecular formula is C21H17Cl2N5OS. The largest absolute Gasteiger partial charge is 0.488 e. The van der Waals surface area contributed by atoms with Gasteiger partial charge < -0.3 is 10.2 Å². The van der Waals surface area contributed by atoms with Gasteiger partial charge in [-0.05, 0) is 42.5 Å². The van der Waals surface area contributed by atoms with Gasteiger partial charge in [0.05, 0.1) is 6.54 Å². The molecule has 0 spiro atoms. The van der Waals surface area contributed by atoms with Crippen LogP contribution in [0.2, 0.25) is 10.0 Å². The predicted octanol–water partition coefficient (Wildman–Crippen LogP) is 5.63. The van der Waals surface area contributed by atoms with E-state index < -0.39 is 0 Å². The monoisotopic (exact) mass is 457 g/mol. The molecule has 0 amide bonds. The van der Waals surface area contributed by atoms with E-state index in [4.69, 9.17) is 40.2 Å². The number of ether oxygens (including phenoxy) is 1. The highest BCUT2D eigenvalue weighted by molar-refractivity contribution is 7.71. The van der Waals surface area contributed by atoms with Gasteiger partial charge in [0.1, 0.15) is 12.4 Å². The van der Waals surface area contributed by atoms with Crippen LogP contribution in [0.4, 0.5) is 0 Å². The van der Waals surface area contributed by atoms with Crippen molar-refractivity contribution in [3.63, 3.8) is 0 Å². The zero-order valence-electron chi connectivity index (χ0n) is 15.7. The van der Waals surface area contributed by atoms with Crippen LogP contribution in [-0.4, -0.2) is 19.9 Å². The third kappa shape index (κ3) is 4.64. The van der Waals surface area contributed by atoms with Gasteiger partial charge in [-0.25, -0.2) is 9.77 Å². The molecule has 0 unspecified atom stereocenters. The van der Waals surface area contributed by atoms with Crippen LogP contribution in [0.5, 0.6) is 5.75 Å². The van der Waals surface area contributed by atoms with Crippen LogP contribution in [0.1, 0.15) is 11.1 Å². The van der Waals surface area contributed by atoms with Crippen LogP contribution in [0, 0.1) is 4.77 Å². The zero-order valence-corrected chi connectivity index (χ0v) is 18.0. The fourth-order valence-electron chi connectivity index (χ4n) is 2.89. The van der Waals surface area contributed by atoms with E-state index in [9.17, 15) is 0 Å². The van der Waals surface area contributed by atoms with Gasteiger partial charge in [0, 0.05) is 39.1 Å². The first kappa shape index (κ1) is 20.4. The van der Waals surface area contributed by atoms with Gasteiger partial charge in [-0.3, -0.25) is 4.98 Å². The summed E-state index contributed by atoms with van der Waals surface area (Å²) >= 11 is 17.6. The Hall–Kier alpha value is -2.87. The summed E-state index contributed by atoms with van der Waals surface area (Å²) in [5.74, 6) is 1.42. The maximum atomic E-state index is 6.25. The Bertz CT molecular complexity index is 1210. The summed E-state index contributed by atoms with van der Waals surface area (Å²) in [4.78, 5) is 4.04. The number of hydrogen-bond acceptors (Lipinski definition) is 5. The maximum Gasteiger partial charge on any atom is 0.214 e. The fraction of sp³-hybridized carbons (Fsp3) is 0.0952. The van der Waals surface area contributed by atoms with Crippen LogP contribution >= 0.6 is 35.4 Å². The standard InChI is InChI=1S/C21H17Cl2N5OS/c22-17-6-5-16(18(23)11-17)13-29-19-4-2-1-3-15(19)12-25-28-20(26-27-21(28)30)14-7-9-24-10-8-14/h1-11,25H,12-13H2,(H,27,30). The summed E-state index contributed by atoms with van der Waals surface area (Å²) in [6.07, 6.45) is 3.42. The van der Waals surface area contributed by atoms with Gasteiger partial charge in [0.2, 0.25) is 4.77 Å². The summed E-state index contributed by atoms with van der Waals surface area (Å²) in [5, 5.41) is 8.30. The van der Waals surface area contributed by atoms with Gasteiger partial charge in [0.15, 0.2) is 5.82 Å². The van der Waals surface area contributed by atoms with E-state index >= 15 is 0 Å². The van der Waals surface area contributed by atoms with Gasteiger partial charge in [-0.2, -0.15) is 5.10 Å². The smallest absolute Gasteiger partial charge is 0.214 e. The minimum absolute atomic E-state index is 0.334. The van der Waals surface area contributed by atoms with Crippen LogP contribution in [0.3, 0.4) is 0 Å². The third-order valence-corrected chi connectivity index (χ3v) is 5.27. The van der Waals surface area contributed by atoms with Gasteiger partial charge in [0.25, 0.3) is 0 Å². The highest BCUT2D eigenvalue weighted by Gasteiger charge is 2.10. The van der Waals surface area contributed by atoms with E-state index in [-0.39, 0.29) is 0 Å². The lowest BCUT2D eigenvalue weighted by molar-refractivity contribution is 0.303. The van der Waals surface area contributed by atoms with Crippen molar-refractivity contribution in [3.8, 4) is 17.1 Å². The topological polar surface area (TPSA) is 67.8 Å². The first-order valence-corrected chi connectivity index (χ1v) is 10.2. The lowest BCUT2D eigenvalue weighted by atomic mass is 10.2. The number of nitrogens with zero attached hydrogens (tertiary/aromatic N) is 3. The number of rotatable bonds is 7. The lowest BCUT2D eigenvalue weighted by Gasteiger charge is -2.14. The number of benzene rings is 2. The first-order chi connectivity index (χ1) is 14.6. The Morgan fingerprint density at radius 2 is 1.83 bits per heavy atom. The Balaban J connectivity index is 1.51. The van der Waals surface area contributed by atoms with E-state index in [0.717, 1.165) is 22.4 Å². The van der Waals surface area contributed by atoms with Gasteiger partial charge in [-0.15, -0.1) is 0 Å². The summed E-state index contributed by atoms with van der Waals surface area (Å²) in [6.45, 7) is 0.816. The second kappa shape index (κ2) is 9.30. The summed E-state index contributed by atoms with van der Waals surface area (Å²) in [6, 6.07) is 16.9. The van der Waals surface area contributed by atoms with E-state index in [0.29, 0.717) is 33.8 Å². The second-order valence-corrected chi connectivity index (χ2v) is 7.62. The van der Waals surface area contributed by atoms with Crippen molar-refractivity contribution < 1.29 is 4.74 Å². The predicted molar refractivity (Wildman–Crippen MR) is 121 cm³/mol. The van der Waals surface area contributed by atoms with Crippen LogP contribution in [-0.2, 0) is 13.2 Å². The molecule has 0 radical (unpaired) electrons. The Kier molecular flexibility index (Phi) is 6.32. The third-order valence-electron chi connectivity index (χ3n) is 4.41. The molecule has 2 heterocycles. The van der Waals surface area contributed by atoms with Gasteiger partial charge >= 0.3 is 0 Å². The summed E-state index contributed by atoms with van der Waals surface area (Å²) in [7, 11) is 0. The van der Waals surface area contributed by atoms with Crippen molar-refractivity contribution in [1.82, 2.24) is 19.9 Å². The molecule has 4 rings (SSSR count). The van der Waals surface area contributed by atoms with Crippen molar-refractivity contribution in [2.75, 3.05) is 5.43 Å². The van der Waals surface area contributed by atoms with Crippen molar-refractivity contribution in [2.24, 2.45) is 0 Å². The maximum absolute atomic E-state index is 6.25. The SMILES string of the molecule is S=c1[nH]nc(-c2ccncc2)n1NCc1ccccc1OCc1ccc(Cl)cc1Cl. The molecule has 2 aromatic carbocycles. The molecule has 0 bridgehead atoms. The molecule has 4 aromatic rings. The van der Waals surface area contributed by atoms with Crippen LogP contribution in [0.15, 0.2) is 67.0 Å². The lowest BCUT2D eigenvalue weighted by Crippen LogP contribution is -2.16. The fourth-order valence-corrected chi connectivity index (χ4v) is 3.55. The Morgan fingerprint density at radius 3 is 2.63 bits per heavy atom.